The van der Waals surface area contributed by atoms with E-state index in [1.54, 1.807) is 36.5 Å². The van der Waals surface area contributed by atoms with Crippen LogP contribution in [0.5, 0.6) is 0 Å². The van der Waals surface area contributed by atoms with Crippen LogP contribution >= 0.6 is 0 Å². The number of aromatic nitrogens is 2. The van der Waals surface area contributed by atoms with Gasteiger partial charge in [0.05, 0.1) is 5.58 Å². The van der Waals surface area contributed by atoms with Gasteiger partial charge >= 0.3 is 0 Å². The number of furan rings is 1. The minimum absolute atomic E-state index is 0. The Bertz CT molecular complexity index is 2880. The molecular formula is C51H46IrN2O-2. The smallest absolute Gasteiger partial charge is 0.123 e. The Morgan fingerprint density at radius 3 is 2.27 bits per heavy atom. The molecule has 1 aliphatic carbocycles. The predicted molar refractivity (Wildman–Crippen MR) is 224 cm³/mol. The third-order valence-electron chi connectivity index (χ3n) is 10.4. The van der Waals surface area contributed by atoms with Crippen LogP contribution in [-0.4, -0.2) is 9.97 Å². The van der Waals surface area contributed by atoms with Crippen LogP contribution in [0.15, 0.2) is 138 Å². The van der Waals surface area contributed by atoms with E-state index in [1.807, 2.05) is 60.7 Å². The molecule has 0 aliphatic heterocycles. The van der Waals surface area contributed by atoms with E-state index in [0.717, 1.165) is 58.7 Å². The first-order chi connectivity index (χ1) is 29.9. The van der Waals surface area contributed by atoms with E-state index in [0.29, 0.717) is 50.2 Å². The molecule has 0 N–H and O–H groups in total. The Balaban J connectivity index is 0.000000205. The number of pyridine rings is 2. The fourth-order valence-electron chi connectivity index (χ4n) is 7.18. The van der Waals surface area contributed by atoms with Gasteiger partial charge < -0.3 is 14.4 Å². The summed E-state index contributed by atoms with van der Waals surface area (Å²) in [5, 5.41) is 1.61. The van der Waals surface area contributed by atoms with Crippen molar-refractivity contribution in [3.8, 4) is 44.8 Å². The summed E-state index contributed by atoms with van der Waals surface area (Å²) in [6.45, 7) is -0.990. The summed E-state index contributed by atoms with van der Waals surface area (Å²) >= 11 is 0. The van der Waals surface area contributed by atoms with Crippen molar-refractivity contribution in [1.29, 1.82) is 0 Å². The van der Waals surface area contributed by atoms with Crippen molar-refractivity contribution in [1.82, 2.24) is 9.97 Å². The number of para-hydroxylation sites is 1. The molecule has 3 heterocycles. The molecule has 0 spiro atoms. The molecule has 55 heavy (non-hydrogen) atoms. The van der Waals surface area contributed by atoms with Crippen LogP contribution < -0.4 is 0 Å². The second-order valence-electron chi connectivity index (χ2n) is 14.7. The number of hydrogen-bond donors (Lipinski definition) is 0. The standard InChI is InChI=1S/C32H30NO.C19H16N.Ir/c1-21-6-4-7-26-27-8-5-9-28(31(27)34-30(21)26)29-20-25(16-19-33-29)23-12-10-22(11-13-23)24-14-17-32(2,3)18-15-24;1-14-8-11-19(20-13-14)17-10-9-15(2)18(12-17)16-6-4-3-5-7-16;/h4-8,10-13,16,19-20,24H,14-15,17-18H2,1-3H3;3-9,11-13H,1-2H3;/q2*-1;/i1D3,24D;1D2,2D3;. The maximum Gasteiger partial charge on any atom is 0.123 e. The normalized spacial score (nSPS) is 17.4. The number of aryl methyl sites for hydroxylation is 3. The van der Waals surface area contributed by atoms with E-state index in [-0.39, 0.29) is 31.2 Å². The fraction of sp³-hybridized carbons (Fsp3) is 0.216. The molecule has 0 bridgehead atoms. The first-order valence-corrected chi connectivity index (χ1v) is 18.3. The largest absolute Gasteiger partial charge is 0.500 e. The van der Waals surface area contributed by atoms with Gasteiger partial charge in [0.25, 0.3) is 0 Å². The Labute approximate surface area is 351 Å². The molecule has 1 fully saturated rings. The SMILES string of the molecule is [2H]C([2H])([2H])c1cccc2c1oc1c(-c3cc(-c4ccc(C5([2H])CCC(C)(C)CC5)cc4)ccn3)[c-]ccc12.[2H]C([2H])c1ccc(-c2[c-]cc(C([2H])([2H])[2H])c(-c3ccccc3)c2)nc1.[Ir]. The first kappa shape index (κ1) is 28.3. The third-order valence-corrected chi connectivity index (χ3v) is 10.4. The molecule has 277 valence electrons. The van der Waals surface area contributed by atoms with Crippen LogP contribution in [0.1, 0.15) is 80.0 Å². The van der Waals surface area contributed by atoms with Gasteiger partial charge in [-0.1, -0.05) is 128 Å². The second-order valence-corrected chi connectivity index (χ2v) is 14.7. The van der Waals surface area contributed by atoms with Crippen molar-refractivity contribution < 1.29 is 36.9 Å². The molecule has 1 saturated carbocycles. The maximum absolute atomic E-state index is 9.08. The van der Waals surface area contributed by atoms with E-state index in [4.69, 9.17) is 16.8 Å². The quantitative estimate of drug-likeness (QED) is 0.162. The Kier molecular flexibility index (Phi) is 8.38. The van der Waals surface area contributed by atoms with Gasteiger partial charge in [0.1, 0.15) is 5.58 Å². The molecule has 3 nitrogen and oxygen atoms in total. The molecule has 3 aromatic heterocycles. The molecule has 0 unspecified atom stereocenters. The third kappa shape index (κ3) is 8.27. The van der Waals surface area contributed by atoms with Crippen molar-refractivity contribution >= 4 is 21.9 Å². The van der Waals surface area contributed by atoms with Crippen LogP contribution in [-0.2, 0) is 20.1 Å². The summed E-state index contributed by atoms with van der Waals surface area (Å²) in [5.74, 6) is -0.517. The topological polar surface area (TPSA) is 38.9 Å². The molecule has 1 aliphatic rings. The number of nitrogens with zero attached hydrogens (tertiary/aromatic N) is 2. The minimum atomic E-state index is -2.27. The van der Waals surface area contributed by atoms with Gasteiger partial charge in [-0.3, -0.25) is 0 Å². The molecule has 5 aromatic carbocycles. The number of benzene rings is 5. The van der Waals surface area contributed by atoms with Gasteiger partial charge in [-0.05, 0) is 102 Å². The van der Waals surface area contributed by atoms with Crippen LogP contribution in [0, 0.1) is 38.1 Å². The summed E-state index contributed by atoms with van der Waals surface area (Å²) < 4.78 is 77.1. The van der Waals surface area contributed by atoms with Gasteiger partial charge in [0.15, 0.2) is 0 Å². The Morgan fingerprint density at radius 1 is 0.727 bits per heavy atom. The average molecular weight is 904 g/mol. The van der Waals surface area contributed by atoms with Crippen molar-refractivity contribution in [2.24, 2.45) is 5.41 Å². The maximum atomic E-state index is 9.08. The van der Waals surface area contributed by atoms with Crippen LogP contribution in [0.3, 0.4) is 0 Å². The predicted octanol–water partition coefficient (Wildman–Crippen LogP) is 13.9. The van der Waals surface area contributed by atoms with Crippen molar-refractivity contribution in [3.63, 3.8) is 0 Å². The van der Waals surface area contributed by atoms with E-state index in [2.05, 4.69) is 60.2 Å². The van der Waals surface area contributed by atoms with E-state index in [1.165, 1.54) is 12.3 Å². The van der Waals surface area contributed by atoms with Crippen LogP contribution in [0.2, 0.25) is 0 Å². The van der Waals surface area contributed by atoms with Crippen LogP contribution in [0.4, 0.5) is 0 Å². The summed E-state index contributed by atoms with van der Waals surface area (Å²) in [6.07, 6.45) is 7.19. The van der Waals surface area contributed by atoms with Crippen LogP contribution in [0.25, 0.3) is 66.7 Å². The van der Waals surface area contributed by atoms with Gasteiger partial charge in [-0.15, -0.1) is 47.5 Å². The fourth-order valence-corrected chi connectivity index (χ4v) is 7.18. The van der Waals surface area contributed by atoms with Crippen molar-refractivity contribution in [2.45, 2.75) is 66.0 Å². The first-order valence-electron chi connectivity index (χ1n) is 22.9. The summed E-state index contributed by atoms with van der Waals surface area (Å²) in [6, 6.07) is 43.7. The summed E-state index contributed by atoms with van der Waals surface area (Å²) in [7, 11) is 0. The monoisotopic (exact) mass is 904 g/mol. The summed E-state index contributed by atoms with van der Waals surface area (Å²) in [4.78, 5) is 8.89. The van der Waals surface area contributed by atoms with Gasteiger partial charge in [0.2, 0.25) is 0 Å². The minimum Gasteiger partial charge on any atom is -0.500 e. The Hall–Kier alpha value is -5.15. The zero-order valence-corrected chi connectivity index (χ0v) is 33.1. The number of hydrogen-bond acceptors (Lipinski definition) is 3. The summed E-state index contributed by atoms with van der Waals surface area (Å²) in [5.41, 5.74) is 9.52. The van der Waals surface area contributed by atoms with E-state index >= 15 is 0 Å². The molecule has 0 atom stereocenters. The van der Waals surface area contributed by atoms with E-state index < -0.39 is 26.5 Å². The van der Waals surface area contributed by atoms with Gasteiger partial charge in [0, 0.05) is 50.2 Å². The molecule has 8 aromatic rings. The number of rotatable bonds is 5. The average Bonchev–Trinajstić information content (AvgIpc) is 3.66. The molecule has 4 heteroatoms. The molecule has 1 radical (unpaired) electrons. The zero-order valence-electron chi connectivity index (χ0n) is 39.7. The van der Waals surface area contributed by atoms with Crippen molar-refractivity contribution in [2.75, 3.05) is 0 Å². The zero-order chi connectivity index (χ0) is 44.7. The van der Waals surface area contributed by atoms with Gasteiger partial charge in [-0.2, -0.15) is 0 Å². The Morgan fingerprint density at radius 2 is 1.53 bits per heavy atom. The molecule has 0 amide bonds. The van der Waals surface area contributed by atoms with Gasteiger partial charge in [-0.25, -0.2) is 0 Å². The second kappa shape index (κ2) is 16.3. The number of fused-ring (bicyclic) bond motifs is 3. The molecule has 9 rings (SSSR count). The van der Waals surface area contributed by atoms with Crippen molar-refractivity contribution in [3.05, 3.63) is 168 Å². The van der Waals surface area contributed by atoms with E-state index in [9.17, 15) is 0 Å². The molecular weight excluding hydrogens is 849 g/mol. The molecule has 0 saturated heterocycles.